The zero-order valence-corrected chi connectivity index (χ0v) is 13.7. The lowest BCUT2D eigenvalue weighted by Crippen LogP contribution is -2.43. The van der Waals surface area contributed by atoms with Gasteiger partial charge in [0, 0.05) is 5.92 Å². The van der Waals surface area contributed by atoms with Gasteiger partial charge in [0.25, 0.3) is 0 Å². The number of benzene rings is 1. The fourth-order valence-corrected chi connectivity index (χ4v) is 2.57. The molecule has 1 aliphatic heterocycles. The molecule has 22 heavy (non-hydrogen) atoms. The van der Waals surface area contributed by atoms with Crippen LogP contribution in [0.25, 0.3) is 0 Å². The summed E-state index contributed by atoms with van der Waals surface area (Å²) < 4.78 is 10.8. The molecular weight excluding hydrogens is 280 g/mol. The summed E-state index contributed by atoms with van der Waals surface area (Å²) in [6.07, 6.45) is 1.88. The third-order valence-corrected chi connectivity index (χ3v) is 4.04. The number of amides is 1. The lowest BCUT2D eigenvalue weighted by molar-refractivity contribution is -0.127. The summed E-state index contributed by atoms with van der Waals surface area (Å²) in [5, 5.41) is 3.05. The monoisotopic (exact) mass is 306 g/mol. The summed E-state index contributed by atoms with van der Waals surface area (Å²) in [4.78, 5) is 14.5. The number of piperidine rings is 1. The zero-order valence-electron chi connectivity index (χ0n) is 13.7. The fraction of sp³-hybridized carbons (Fsp3) is 0.588. The summed E-state index contributed by atoms with van der Waals surface area (Å²) in [7, 11) is 3.73. The predicted molar refractivity (Wildman–Crippen MR) is 86.3 cm³/mol. The van der Waals surface area contributed by atoms with E-state index in [-0.39, 0.29) is 17.9 Å². The van der Waals surface area contributed by atoms with Crippen LogP contribution in [0.5, 0.6) is 11.5 Å². The first-order valence-electron chi connectivity index (χ1n) is 7.84. The fourth-order valence-electron chi connectivity index (χ4n) is 2.57. The van der Waals surface area contributed by atoms with Crippen molar-refractivity contribution in [2.45, 2.75) is 25.8 Å². The molecule has 2 rings (SSSR count). The van der Waals surface area contributed by atoms with Crippen LogP contribution in [0.3, 0.4) is 0 Å². The molecule has 122 valence electrons. The van der Waals surface area contributed by atoms with Gasteiger partial charge in [-0.15, -0.1) is 0 Å². The van der Waals surface area contributed by atoms with Crippen LogP contribution >= 0.6 is 0 Å². The number of nitrogens with one attached hydrogen (secondary N) is 1. The van der Waals surface area contributed by atoms with E-state index in [4.69, 9.17) is 9.47 Å². The standard InChI is InChI=1S/C17H26N2O3/c1-13(12-22-16-6-4-15(21-3)5-7-16)18-17(20)14-8-10-19(2)11-9-14/h4-7,13-14H,8-12H2,1-3H3,(H,18,20). The predicted octanol–water partition coefficient (Wildman–Crippen LogP) is 1.92. The van der Waals surface area contributed by atoms with Crippen LogP contribution in [-0.4, -0.2) is 50.7 Å². The Labute approximate surface area is 132 Å². The van der Waals surface area contributed by atoms with Crippen LogP contribution in [0.15, 0.2) is 24.3 Å². The third-order valence-electron chi connectivity index (χ3n) is 4.04. The van der Waals surface area contributed by atoms with Gasteiger partial charge in [0.2, 0.25) is 5.91 Å². The summed E-state index contributed by atoms with van der Waals surface area (Å²) in [5.74, 6) is 1.87. The lowest BCUT2D eigenvalue weighted by Gasteiger charge is -2.29. The first-order valence-corrected chi connectivity index (χ1v) is 7.84. The summed E-state index contributed by atoms with van der Waals surface area (Å²) >= 11 is 0. The van der Waals surface area contributed by atoms with Crippen molar-refractivity contribution in [2.75, 3.05) is 33.9 Å². The molecule has 1 aliphatic rings. The SMILES string of the molecule is COc1ccc(OCC(C)NC(=O)C2CCN(C)CC2)cc1. The molecule has 1 fully saturated rings. The van der Waals surface area contributed by atoms with Crippen LogP contribution in [0.4, 0.5) is 0 Å². The number of likely N-dealkylation sites (tertiary alicyclic amines) is 1. The lowest BCUT2D eigenvalue weighted by atomic mass is 9.96. The van der Waals surface area contributed by atoms with Gasteiger partial charge in [-0.2, -0.15) is 0 Å². The van der Waals surface area contributed by atoms with E-state index in [1.807, 2.05) is 31.2 Å². The van der Waals surface area contributed by atoms with Gasteiger partial charge in [-0.25, -0.2) is 0 Å². The molecule has 1 amide bonds. The third kappa shape index (κ3) is 4.91. The minimum Gasteiger partial charge on any atom is -0.497 e. The van der Waals surface area contributed by atoms with Gasteiger partial charge >= 0.3 is 0 Å². The highest BCUT2D eigenvalue weighted by atomic mass is 16.5. The number of nitrogens with zero attached hydrogens (tertiary/aromatic N) is 1. The summed E-state index contributed by atoms with van der Waals surface area (Å²) in [6, 6.07) is 7.44. The number of hydrogen-bond donors (Lipinski definition) is 1. The number of ether oxygens (including phenoxy) is 2. The van der Waals surface area contributed by atoms with Crippen LogP contribution in [-0.2, 0) is 4.79 Å². The molecule has 0 aliphatic carbocycles. The number of carbonyl (C=O) groups is 1. The maximum atomic E-state index is 12.2. The van der Waals surface area contributed by atoms with Gasteiger partial charge < -0.3 is 19.7 Å². The Hall–Kier alpha value is -1.75. The van der Waals surface area contributed by atoms with Crippen molar-refractivity contribution < 1.29 is 14.3 Å². The molecule has 1 unspecified atom stereocenters. The van der Waals surface area contributed by atoms with Crippen LogP contribution < -0.4 is 14.8 Å². The molecule has 1 N–H and O–H groups in total. The second-order valence-electron chi connectivity index (χ2n) is 5.97. The van der Waals surface area contributed by atoms with Crippen molar-refractivity contribution in [3.63, 3.8) is 0 Å². The molecule has 1 saturated heterocycles. The molecular formula is C17H26N2O3. The molecule has 0 bridgehead atoms. The van der Waals surface area contributed by atoms with Crippen LogP contribution in [0.1, 0.15) is 19.8 Å². The van der Waals surface area contributed by atoms with Crippen molar-refractivity contribution in [3.8, 4) is 11.5 Å². The van der Waals surface area contributed by atoms with Gasteiger partial charge in [-0.3, -0.25) is 4.79 Å². The van der Waals surface area contributed by atoms with E-state index in [0.717, 1.165) is 37.4 Å². The van der Waals surface area contributed by atoms with E-state index >= 15 is 0 Å². The molecule has 1 atom stereocenters. The van der Waals surface area contributed by atoms with E-state index in [9.17, 15) is 4.79 Å². The van der Waals surface area contributed by atoms with Crippen molar-refractivity contribution >= 4 is 5.91 Å². The highest BCUT2D eigenvalue weighted by Gasteiger charge is 2.24. The van der Waals surface area contributed by atoms with E-state index in [0.29, 0.717) is 6.61 Å². The van der Waals surface area contributed by atoms with E-state index in [1.165, 1.54) is 0 Å². The smallest absolute Gasteiger partial charge is 0.223 e. The largest absolute Gasteiger partial charge is 0.497 e. The quantitative estimate of drug-likeness (QED) is 0.872. The molecule has 1 aromatic carbocycles. The molecule has 0 aromatic heterocycles. The molecule has 0 saturated carbocycles. The molecule has 0 spiro atoms. The van der Waals surface area contributed by atoms with Gasteiger partial charge in [-0.05, 0) is 64.2 Å². The number of carbonyl (C=O) groups excluding carboxylic acids is 1. The molecule has 1 aromatic rings. The second-order valence-corrected chi connectivity index (χ2v) is 5.97. The van der Waals surface area contributed by atoms with Crippen LogP contribution in [0.2, 0.25) is 0 Å². The Bertz CT molecular complexity index is 467. The van der Waals surface area contributed by atoms with Gasteiger partial charge in [0.15, 0.2) is 0 Å². The average Bonchev–Trinajstić information content (AvgIpc) is 2.54. The van der Waals surface area contributed by atoms with E-state index < -0.39 is 0 Å². The van der Waals surface area contributed by atoms with Crippen LogP contribution in [0, 0.1) is 5.92 Å². The van der Waals surface area contributed by atoms with Crippen molar-refractivity contribution in [2.24, 2.45) is 5.92 Å². The van der Waals surface area contributed by atoms with Crippen molar-refractivity contribution in [3.05, 3.63) is 24.3 Å². The van der Waals surface area contributed by atoms with E-state index in [1.54, 1.807) is 7.11 Å². The topological polar surface area (TPSA) is 50.8 Å². The highest BCUT2D eigenvalue weighted by molar-refractivity contribution is 5.79. The highest BCUT2D eigenvalue weighted by Crippen LogP contribution is 2.18. The Kier molecular flexibility index (Phi) is 6.07. The van der Waals surface area contributed by atoms with Gasteiger partial charge in [0.05, 0.1) is 13.2 Å². The molecule has 0 radical (unpaired) electrons. The molecule has 1 heterocycles. The zero-order chi connectivity index (χ0) is 15.9. The first kappa shape index (κ1) is 16.6. The Morgan fingerprint density at radius 2 is 1.86 bits per heavy atom. The van der Waals surface area contributed by atoms with Crippen molar-refractivity contribution in [1.82, 2.24) is 10.2 Å². The first-order chi connectivity index (χ1) is 10.6. The maximum absolute atomic E-state index is 12.2. The summed E-state index contributed by atoms with van der Waals surface area (Å²) in [6.45, 7) is 4.42. The number of hydrogen-bond acceptors (Lipinski definition) is 4. The molecule has 5 nitrogen and oxygen atoms in total. The average molecular weight is 306 g/mol. The Morgan fingerprint density at radius 1 is 1.27 bits per heavy atom. The van der Waals surface area contributed by atoms with Gasteiger partial charge in [0.1, 0.15) is 18.1 Å². The minimum atomic E-state index is -0.00532. The minimum absolute atomic E-state index is 0.00532. The second kappa shape index (κ2) is 8.03. The van der Waals surface area contributed by atoms with E-state index in [2.05, 4.69) is 17.3 Å². The van der Waals surface area contributed by atoms with Crippen molar-refractivity contribution in [1.29, 1.82) is 0 Å². The van der Waals surface area contributed by atoms with Gasteiger partial charge in [-0.1, -0.05) is 0 Å². The number of rotatable bonds is 6. The summed E-state index contributed by atoms with van der Waals surface area (Å²) in [5.41, 5.74) is 0. The Morgan fingerprint density at radius 3 is 2.45 bits per heavy atom. The maximum Gasteiger partial charge on any atom is 0.223 e. The Balaban J connectivity index is 1.72. The molecule has 5 heteroatoms. The number of methoxy groups -OCH3 is 1. The normalized spacial score (nSPS) is 17.8.